The van der Waals surface area contributed by atoms with Gasteiger partial charge >= 0.3 is 0 Å². The highest BCUT2D eigenvalue weighted by molar-refractivity contribution is 7.14. The Labute approximate surface area is 143 Å². The molecule has 0 unspecified atom stereocenters. The molecule has 1 aromatic heterocycles. The number of halogens is 1. The van der Waals surface area contributed by atoms with Crippen LogP contribution < -0.4 is 10.6 Å². The van der Waals surface area contributed by atoms with Crippen LogP contribution in [0.1, 0.15) is 19.8 Å². The Balaban J connectivity index is 1.52. The molecule has 0 bridgehead atoms. The molecule has 0 aliphatic heterocycles. The molecule has 1 aliphatic carbocycles. The number of carbonyl (C=O) groups is 2. The summed E-state index contributed by atoms with van der Waals surface area (Å²) in [5.74, 6) is 0.0843. The minimum atomic E-state index is -0.319. The summed E-state index contributed by atoms with van der Waals surface area (Å²) in [6.45, 7) is 2.36. The van der Waals surface area contributed by atoms with Gasteiger partial charge in [0.05, 0.1) is 5.51 Å². The molecule has 1 aliphatic rings. The van der Waals surface area contributed by atoms with Gasteiger partial charge in [-0.3, -0.25) is 9.59 Å². The molecule has 1 heterocycles. The highest BCUT2D eigenvalue weighted by atomic mass is 32.1. The summed E-state index contributed by atoms with van der Waals surface area (Å²) < 4.78 is 13.0. The molecule has 1 saturated carbocycles. The van der Waals surface area contributed by atoms with Crippen molar-refractivity contribution in [3.8, 4) is 11.3 Å². The van der Waals surface area contributed by atoms with Crippen LogP contribution in [0, 0.1) is 17.7 Å². The van der Waals surface area contributed by atoms with E-state index in [0.29, 0.717) is 23.2 Å². The van der Waals surface area contributed by atoms with Gasteiger partial charge in [-0.25, -0.2) is 9.37 Å². The molecule has 1 fully saturated rings. The smallest absolute Gasteiger partial charge is 0.226 e. The first-order chi connectivity index (χ1) is 11.5. The van der Waals surface area contributed by atoms with Crippen molar-refractivity contribution in [3.05, 3.63) is 35.6 Å². The van der Waals surface area contributed by atoms with E-state index in [4.69, 9.17) is 0 Å². The maximum atomic E-state index is 13.0. The average Bonchev–Trinajstić information content (AvgIpc) is 3.11. The lowest BCUT2D eigenvalue weighted by Gasteiger charge is -2.07. The zero-order valence-corrected chi connectivity index (χ0v) is 14.0. The van der Waals surface area contributed by atoms with Gasteiger partial charge in [-0.05, 0) is 36.6 Å². The summed E-state index contributed by atoms with van der Waals surface area (Å²) in [5, 5.41) is 6.21. The van der Waals surface area contributed by atoms with Gasteiger partial charge in [0.25, 0.3) is 0 Å². The van der Waals surface area contributed by atoms with Crippen molar-refractivity contribution < 1.29 is 14.0 Å². The number of aromatic nitrogens is 1. The Kier molecular flexibility index (Phi) is 4.89. The number of thiazole rings is 1. The second kappa shape index (κ2) is 7.09. The normalized spacial score (nSPS) is 18.9. The fourth-order valence-corrected chi connectivity index (χ4v) is 3.17. The fraction of sp³-hybridized carbons (Fsp3) is 0.353. The van der Waals surface area contributed by atoms with Crippen LogP contribution in [0.4, 0.5) is 9.39 Å². The minimum absolute atomic E-state index is 0.0279. The van der Waals surface area contributed by atoms with E-state index in [9.17, 15) is 14.0 Å². The number of nitrogens with zero attached hydrogens (tertiary/aromatic N) is 1. The van der Waals surface area contributed by atoms with Crippen molar-refractivity contribution >= 4 is 28.2 Å². The second-order valence-corrected chi connectivity index (χ2v) is 6.80. The number of hydrogen-bond donors (Lipinski definition) is 2. The summed E-state index contributed by atoms with van der Waals surface area (Å²) in [6.07, 6.45) is 1.13. The summed E-state index contributed by atoms with van der Waals surface area (Å²) >= 11 is 1.31. The number of benzene rings is 1. The molecule has 2 aromatic rings. The number of hydrogen-bond acceptors (Lipinski definition) is 4. The predicted molar refractivity (Wildman–Crippen MR) is 91.0 cm³/mol. The van der Waals surface area contributed by atoms with Gasteiger partial charge in [0.15, 0.2) is 0 Å². The quantitative estimate of drug-likeness (QED) is 0.844. The second-order valence-electron chi connectivity index (χ2n) is 5.95. The van der Waals surface area contributed by atoms with Crippen molar-refractivity contribution in [2.75, 3.05) is 11.9 Å². The molecule has 1 aromatic carbocycles. The fourth-order valence-electron chi connectivity index (χ4n) is 2.46. The van der Waals surface area contributed by atoms with Crippen LogP contribution in [-0.2, 0) is 9.59 Å². The third-order valence-electron chi connectivity index (χ3n) is 4.04. The van der Waals surface area contributed by atoms with Crippen molar-refractivity contribution in [3.63, 3.8) is 0 Å². The molecule has 0 spiro atoms. The van der Waals surface area contributed by atoms with Crippen LogP contribution in [0.2, 0.25) is 0 Å². The van der Waals surface area contributed by atoms with Crippen LogP contribution in [0.25, 0.3) is 11.3 Å². The van der Waals surface area contributed by atoms with Gasteiger partial charge in [-0.1, -0.05) is 6.92 Å². The Morgan fingerprint density at radius 1 is 1.33 bits per heavy atom. The summed E-state index contributed by atoms with van der Waals surface area (Å²) in [5.41, 5.74) is 2.98. The SMILES string of the molecule is C[C@H]1C[C@H]1C(=O)NCCC(=O)Nc1scnc1-c1ccc(F)cc1. The monoisotopic (exact) mass is 347 g/mol. The van der Waals surface area contributed by atoms with E-state index in [1.54, 1.807) is 17.6 Å². The first kappa shape index (κ1) is 16.6. The van der Waals surface area contributed by atoms with Gasteiger partial charge in [0, 0.05) is 24.4 Å². The Hall–Kier alpha value is -2.28. The van der Waals surface area contributed by atoms with E-state index in [0.717, 1.165) is 12.0 Å². The molecule has 7 heteroatoms. The Morgan fingerprint density at radius 3 is 2.71 bits per heavy atom. The van der Waals surface area contributed by atoms with E-state index in [2.05, 4.69) is 15.6 Å². The van der Waals surface area contributed by atoms with Crippen LogP contribution in [-0.4, -0.2) is 23.3 Å². The third kappa shape index (κ3) is 3.97. The maximum Gasteiger partial charge on any atom is 0.226 e. The topological polar surface area (TPSA) is 71.1 Å². The molecule has 0 saturated heterocycles. The largest absolute Gasteiger partial charge is 0.355 e. The summed E-state index contributed by atoms with van der Waals surface area (Å²) in [4.78, 5) is 28.0. The average molecular weight is 347 g/mol. The van der Waals surface area contributed by atoms with E-state index < -0.39 is 0 Å². The first-order valence-corrected chi connectivity index (χ1v) is 8.69. The molecule has 2 amide bonds. The predicted octanol–water partition coefficient (Wildman–Crippen LogP) is 3.05. The maximum absolute atomic E-state index is 13.0. The molecular weight excluding hydrogens is 329 g/mol. The lowest BCUT2D eigenvalue weighted by atomic mass is 10.1. The molecule has 5 nitrogen and oxygen atoms in total. The van der Waals surface area contributed by atoms with Gasteiger partial charge in [0.1, 0.15) is 16.5 Å². The molecule has 2 atom stereocenters. The minimum Gasteiger partial charge on any atom is -0.355 e. The van der Waals surface area contributed by atoms with Crippen molar-refractivity contribution in [1.29, 1.82) is 0 Å². The van der Waals surface area contributed by atoms with Crippen molar-refractivity contribution in [2.24, 2.45) is 11.8 Å². The lowest BCUT2D eigenvalue weighted by molar-refractivity contribution is -0.122. The lowest BCUT2D eigenvalue weighted by Crippen LogP contribution is -2.29. The van der Waals surface area contributed by atoms with Gasteiger partial charge in [-0.2, -0.15) is 0 Å². The Morgan fingerprint density at radius 2 is 2.04 bits per heavy atom. The third-order valence-corrected chi connectivity index (χ3v) is 4.78. The summed E-state index contributed by atoms with van der Waals surface area (Å²) in [6, 6.07) is 5.96. The number of carbonyl (C=O) groups excluding carboxylic acids is 2. The standard InChI is InChI=1S/C17H18FN3O2S/c1-10-8-13(10)16(23)19-7-6-14(22)21-17-15(20-9-24-17)11-2-4-12(18)5-3-11/h2-5,9-10,13H,6-8H2,1H3,(H,19,23)(H,21,22)/t10-,13+/m0/s1. The van der Waals surface area contributed by atoms with E-state index in [-0.39, 0.29) is 30.0 Å². The van der Waals surface area contributed by atoms with Crippen molar-refractivity contribution in [2.45, 2.75) is 19.8 Å². The molecule has 2 N–H and O–H groups in total. The molecular formula is C17H18FN3O2S. The van der Waals surface area contributed by atoms with Crippen LogP contribution in [0.5, 0.6) is 0 Å². The van der Waals surface area contributed by atoms with E-state index >= 15 is 0 Å². The highest BCUT2D eigenvalue weighted by Crippen LogP contribution is 2.37. The van der Waals surface area contributed by atoms with Gasteiger partial charge < -0.3 is 10.6 Å². The molecule has 126 valence electrons. The number of nitrogens with one attached hydrogen (secondary N) is 2. The van der Waals surface area contributed by atoms with Crippen molar-refractivity contribution in [1.82, 2.24) is 10.3 Å². The van der Waals surface area contributed by atoms with Crippen LogP contribution in [0.15, 0.2) is 29.8 Å². The zero-order valence-electron chi connectivity index (χ0n) is 13.2. The number of anilines is 1. The van der Waals surface area contributed by atoms with Gasteiger partial charge in [-0.15, -0.1) is 11.3 Å². The molecule has 24 heavy (non-hydrogen) atoms. The van der Waals surface area contributed by atoms with Crippen LogP contribution >= 0.6 is 11.3 Å². The van der Waals surface area contributed by atoms with E-state index in [1.165, 1.54) is 23.5 Å². The summed E-state index contributed by atoms with van der Waals surface area (Å²) in [7, 11) is 0. The van der Waals surface area contributed by atoms with Gasteiger partial charge in [0.2, 0.25) is 11.8 Å². The Bertz CT molecular complexity index is 745. The molecule has 3 rings (SSSR count). The highest BCUT2D eigenvalue weighted by Gasteiger charge is 2.38. The number of rotatable bonds is 6. The van der Waals surface area contributed by atoms with E-state index in [1.807, 2.05) is 6.92 Å². The molecule has 0 radical (unpaired) electrons. The zero-order chi connectivity index (χ0) is 17.1. The number of amides is 2. The van der Waals surface area contributed by atoms with Crippen LogP contribution in [0.3, 0.4) is 0 Å². The first-order valence-electron chi connectivity index (χ1n) is 7.81.